The van der Waals surface area contributed by atoms with E-state index in [-0.39, 0.29) is 0 Å². The molecular formula is C16H13N5O2S. The van der Waals surface area contributed by atoms with Crippen LogP contribution in [0.3, 0.4) is 0 Å². The molecule has 0 aliphatic rings. The molecule has 0 fully saturated rings. The smallest absolute Gasteiger partial charge is 0.210 e. The van der Waals surface area contributed by atoms with Crippen molar-refractivity contribution in [2.24, 2.45) is 0 Å². The predicted molar refractivity (Wildman–Crippen MR) is 87.1 cm³/mol. The molecule has 0 aliphatic carbocycles. The van der Waals surface area contributed by atoms with Gasteiger partial charge in [-0.1, -0.05) is 42.1 Å². The van der Waals surface area contributed by atoms with Gasteiger partial charge in [0.25, 0.3) is 0 Å². The zero-order chi connectivity index (χ0) is 16.2. The van der Waals surface area contributed by atoms with E-state index in [9.17, 15) is 0 Å². The van der Waals surface area contributed by atoms with Gasteiger partial charge in [-0.2, -0.15) is 0 Å². The fraction of sp³-hybridized carbons (Fsp3) is 0.125. The minimum absolute atomic E-state index is 0.489. The largest absolute Gasteiger partial charge is 0.467 e. The van der Waals surface area contributed by atoms with Gasteiger partial charge in [0.05, 0.1) is 18.2 Å². The van der Waals surface area contributed by atoms with Crippen LogP contribution in [0.5, 0.6) is 0 Å². The van der Waals surface area contributed by atoms with Crippen LogP contribution in [0, 0.1) is 0 Å². The molecule has 7 nitrogen and oxygen atoms in total. The summed E-state index contributed by atoms with van der Waals surface area (Å²) in [4.78, 5) is 4.31. The Morgan fingerprint density at radius 3 is 2.83 bits per heavy atom. The van der Waals surface area contributed by atoms with Gasteiger partial charge in [-0.05, 0) is 22.6 Å². The minimum atomic E-state index is 0.489. The summed E-state index contributed by atoms with van der Waals surface area (Å²) in [5.74, 6) is 2.73. The van der Waals surface area contributed by atoms with Crippen molar-refractivity contribution in [3.8, 4) is 11.3 Å². The molecule has 0 N–H and O–H groups in total. The van der Waals surface area contributed by atoms with Crippen molar-refractivity contribution in [1.29, 1.82) is 0 Å². The molecule has 3 heterocycles. The fourth-order valence-electron chi connectivity index (χ4n) is 2.19. The molecule has 0 bridgehead atoms. The van der Waals surface area contributed by atoms with E-state index in [1.807, 2.05) is 42.5 Å². The predicted octanol–water partition coefficient (Wildman–Crippen LogP) is 3.26. The maximum Gasteiger partial charge on any atom is 0.210 e. The molecule has 0 radical (unpaired) electrons. The first-order chi connectivity index (χ1) is 11.9. The van der Waals surface area contributed by atoms with Crippen LogP contribution in [0.15, 0.2) is 68.9 Å². The summed E-state index contributed by atoms with van der Waals surface area (Å²) in [6, 6.07) is 13.6. The monoisotopic (exact) mass is 339 g/mol. The van der Waals surface area contributed by atoms with Gasteiger partial charge >= 0.3 is 0 Å². The zero-order valence-corrected chi connectivity index (χ0v) is 13.4. The first-order valence-corrected chi connectivity index (χ1v) is 8.28. The Bertz CT molecular complexity index is 902. The maximum absolute atomic E-state index is 5.79. The lowest BCUT2D eigenvalue weighted by atomic mass is 10.2. The van der Waals surface area contributed by atoms with Gasteiger partial charge in [-0.3, -0.25) is 0 Å². The maximum atomic E-state index is 5.79. The van der Waals surface area contributed by atoms with Crippen molar-refractivity contribution in [1.82, 2.24) is 25.2 Å². The van der Waals surface area contributed by atoms with Crippen LogP contribution in [-0.2, 0) is 12.3 Å². The van der Waals surface area contributed by atoms with Gasteiger partial charge in [0.2, 0.25) is 11.0 Å². The Balaban J connectivity index is 1.43. The standard InChI is InChI=1S/C16H13N5O2S/c1-2-5-12(6-3-1)14-9-17-15(23-14)11-24-16-18-19-20-21(16)10-13-7-4-8-22-13/h1-9H,10-11H2. The molecule has 0 aliphatic heterocycles. The summed E-state index contributed by atoms with van der Waals surface area (Å²) in [6.45, 7) is 0.489. The highest BCUT2D eigenvalue weighted by Gasteiger charge is 2.12. The summed E-state index contributed by atoms with van der Waals surface area (Å²) in [7, 11) is 0. The molecule has 3 aromatic heterocycles. The van der Waals surface area contributed by atoms with Crippen LogP contribution in [0.1, 0.15) is 11.7 Å². The number of oxazole rings is 1. The Kier molecular flexibility index (Phi) is 4.11. The van der Waals surface area contributed by atoms with Gasteiger partial charge in [0.15, 0.2) is 5.76 Å². The van der Waals surface area contributed by atoms with Crippen molar-refractivity contribution >= 4 is 11.8 Å². The molecule has 0 saturated heterocycles. The lowest BCUT2D eigenvalue weighted by molar-refractivity contribution is 0.462. The average molecular weight is 339 g/mol. The Morgan fingerprint density at radius 2 is 2.00 bits per heavy atom. The summed E-state index contributed by atoms with van der Waals surface area (Å²) < 4.78 is 12.8. The van der Waals surface area contributed by atoms with E-state index in [2.05, 4.69) is 20.5 Å². The summed E-state index contributed by atoms with van der Waals surface area (Å²) >= 11 is 1.47. The molecule has 0 unspecified atom stereocenters. The third kappa shape index (κ3) is 3.23. The van der Waals surface area contributed by atoms with E-state index >= 15 is 0 Å². The fourth-order valence-corrected chi connectivity index (χ4v) is 2.92. The Hall–Kier alpha value is -2.87. The van der Waals surface area contributed by atoms with Gasteiger partial charge in [0.1, 0.15) is 12.3 Å². The van der Waals surface area contributed by atoms with Crippen LogP contribution < -0.4 is 0 Å². The normalized spacial score (nSPS) is 11.0. The highest BCUT2D eigenvalue weighted by Crippen LogP contribution is 2.24. The highest BCUT2D eigenvalue weighted by molar-refractivity contribution is 7.98. The van der Waals surface area contributed by atoms with Crippen LogP contribution >= 0.6 is 11.8 Å². The number of hydrogen-bond donors (Lipinski definition) is 0. The zero-order valence-electron chi connectivity index (χ0n) is 12.6. The molecule has 0 amide bonds. The van der Waals surface area contributed by atoms with E-state index < -0.39 is 0 Å². The molecule has 120 valence electrons. The second-order valence-electron chi connectivity index (χ2n) is 4.97. The van der Waals surface area contributed by atoms with Crippen molar-refractivity contribution < 1.29 is 8.83 Å². The number of thioether (sulfide) groups is 1. The molecular weight excluding hydrogens is 326 g/mol. The number of rotatable bonds is 6. The van der Waals surface area contributed by atoms with Gasteiger partial charge in [-0.15, -0.1) is 5.10 Å². The van der Waals surface area contributed by atoms with E-state index in [0.29, 0.717) is 23.3 Å². The summed E-state index contributed by atoms with van der Waals surface area (Å²) in [5.41, 5.74) is 1.00. The third-order valence-corrected chi connectivity index (χ3v) is 4.26. The molecule has 8 heteroatoms. The number of hydrogen-bond acceptors (Lipinski definition) is 7. The molecule has 0 spiro atoms. The van der Waals surface area contributed by atoms with E-state index in [4.69, 9.17) is 8.83 Å². The lowest BCUT2D eigenvalue weighted by Crippen LogP contribution is -2.03. The lowest BCUT2D eigenvalue weighted by Gasteiger charge is -2.00. The van der Waals surface area contributed by atoms with Crippen molar-refractivity contribution in [2.45, 2.75) is 17.5 Å². The van der Waals surface area contributed by atoms with Gasteiger partial charge < -0.3 is 8.83 Å². The van der Waals surface area contributed by atoms with Crippen LogP contribution in [0.2, 0.25) is 0 Å². The van der Waals surface area contributed by atoms with Crippen LogP contribution in [0.25, 0.3) is 11.3 Å². The average Bonchev–Trinajstić information content (AvgIpc) is 3.37. The van der Waals surface area contributed by atoms with Crippen molar-refractivity contribution in [3.63, 3.8) is 0 Å². The first-order valence-electron chi connectivity index (χ1n) is 7.30. The van der Waals surface area contributed by atoms with E-state index in [1.165, 1.54) is 11.8 Å². The second kappa shape index (κ2) is 6.71. The molecule has 4 aromatic rings. The molecule has 0 atom stereocenters. The number of tetrazole rings is 1. The van der Waals surface area contributed by atoms with Crippen molar-refractivity contribution in [3.05, 3.63) is 66.6 Å². The van der Waals surface area contributed by atoms with Crippen LogP contribution in [0.4, 0.5) is 0 Å². The molecule has 1 aromatic carbocycles. The van der Waals surface area contributed by atoms with E-state index in [0.717, 1.165) is 17.1 Å². The minimum Gasteiger partial charge on any atom is -0.467 e. The molecule has 0 saturated carbocycles. The molecule has 4 rings (SSSR count). The Morgan fingerprint density at radius 1 is 1.08 bits per heavy atom. The highest BCUT2D eigenvalue weighted by atomic mass is 32.2. The number of benzene rings is 1. The SMILES string of the molecule is c1ccc(-c2cnc(CSc3nnnn3Cc3ccco3)o2)cc1. The quantitative estimate of drug-likeness (QED) is 0.499. The first kappa shape index (κ1) is 14.7. The summed E-state index contributed by atoms with van der Waals surface area (Å²) in [5, 5.41) is 12.4. The molecule has 24 heavy (non-hydrogen) atoms. The van der Waals surface area contributed by atoms with Crippen LogP contribution in [-0.4, -0.2) is 25.2 Å². The number of aromatic nitrogens is 5. The Labute approximate surface area is 141 Å². The van der Waals surface area contributed by atoms with Crippen molar-refractivity contribution in [2.75, 3.05) is 0 Å². The number of nitrogens with zero attached hydrogens (tertiary/aromatic N) is 5. The number of furan rings is 1. The van der Waals surface area contributed by atoms with E-state index in [1.54, 1.807) is 17.1 Å². The van der Waals surface area contributed by atoms with Gasteiger partial charge in [-0.25, -0.2) is 9.67 Å². The van der Waals surface area contributed by atoms with Gasteiger partial charge in [0, 0.05) is 5.56 Å². The third-order valence-electron chi connectivity index (χ3n) is 3.32. The topological polar surface area (TPSA) is 82.8 Å². The summed E-state index contributed by atoms with van der Waals surface area (Å²) in [6.07, 6.45) is 3.36. The second-order valence-corrected chi connectivity index (χ2v) is 5.91.